The second-order valence-electron chi connectivity index (χ2n) is 5.87. The Kier molecular flexibility index (Phi) is 13.8. The van der Waals surface area contributed by atoms with Crippen molar-refractivity contribution in [3.8, 4) is 0 Å². The van der Waals surface area contributed by atoms with Crippen molar-refractivity contribution in [2.24, 2.45) is 0 Å². The molecule has 0 aliphatic carbocycles. The highest BCUT2D eigenvalue weighted by molar-refractivity contribution is 8.30. The van der Waals surface area contributed by atoms with Crippen molar-refractivity contribution in [1.29, 1.82) is 0 Å². The van der Waals surface area contributed by atoms with E-state index in [4.69, 9.17) is 56.1 Å². The van der Waals surface area contributed by atoms with Gasteiger partial charge in [0.15, 0.2) is 17.3 Å². The van der Waals surface area contributed by atoms with Crippen molar-refractivity contribution in [2.45, 2.75) is 0 Å². The van der Waals surface area contributed by atoms with Gasteiger partial charge in [0.1, 0.15) is 0 Å². The Morgan fingerprint density at radius 1 is 0.500 bits per heavy atom. The van der Waals surface area contributed by atoms with E-state index in [0.29, 0.717) is 41.1 Å². The van der Waals surface area contributed by atoms with E-state index in [1.54, 1.807) is 49.6 Å². The zero-order valence-corrected chi connectivity index (χ0v) is 25.0. The summed E-state index contributed by atoms with van der Waals surface area (Å²) in [6.45, 7) is 0. The average Bonchev–Trinajstić information content (AvgIpc) is 3.69. The third-order valence-electron chi connectivity index (χ3n) is 3.31. The van der Waals surface area contributed by atoms with E-state index in [9.17, 15) is 0 Å². The second kappa shape index (κ2) is 17.3. The molecular weight excluding hydrogens is 649 g/mol. The van der Waals surface area contributed by atoms with Gasteiger partial charge in [-0.25, -0.2) is 27.2 Å². The Morgan fingerprint density at radius 3 is 0.921 bits per heavy atom. The SMILES string of the molecule is S=C(Nc1ncc[nH]1)SOSC(=S)Nc1ncc[nH]1.S=C(Nc1ncc[nH]1)SOSC(=S)Nc1ncc[nH]1. The van der Waals surface area contributed by atoms with Crippen LogP contribution in [-0.4, -0.2) is 57.2 Å². The number of aromatic amines is 4. The van der Waals surface area contributed by atoms with Crippen LogP contribution >= 0.6 is 97.0 Å². The van der Waals surface area contributed by atoms with Crippen LogP contribution in [-0.2, 0) is 7.26 Å². The summed E-state index contributed by atoms with van der Waals surface area (Å²) >= 11 is 24.1. The van der Waals surface area contributed by atoms with Gasteiger partial charge in [-0.05, 0) is 48.9 Å². The lowest BCUT2D eigenvalue weighted by Crippen LogP contribution is -2.08. The number of imidazole rings is 4. The highest BCUT2D eigenvalue weighted by Crippen LogP contribution is 2.20. The Hall–Kier alpha value is -2.28. The quantitative estimate of drug-likeness (QED) is 0.0921. The van der Waals surface area contributed by atoms with E-state index < -0.39 is 0 Å². The van der Waals surface area contributed by atoms with Gasteiger partial charge < -0.3 is 41.2 Å². The third-order valence-corrected chi connectivity index (χ3v) is 6.64. The van der Waals surface area contributed by atoms with Crippen molar-refractivity contribution in [2.75, 3.05) is 21.3 Å². The van der Waals surface area contributed by atoms with Gasteiger partial charge in [0.05, 0.1) is 48.2 Å². The number of hydrogen-bond donors (Lipinski definition) is 8. The summed E-state index contributed by atoms with van der Waals surface area (Å²) in [5.41, 5.74) is 0. The molecule has 0 aromatic carbocycles. The Morgan fingerprint density at radius 2 is 0.737 bits per heavy atom. The summed E-state index contributed by atoms with van der Waals surface area (Å²) in [6, 6.07) is 0. The molecule has 0 amide bonds. The standard InChI is InChI=1S/2C8H8N6OS4/c2*16-7(13-5-9-1-2-10-5)18-15-19-8(17)14-6-11-3-4-12-6/h2*1-4H,(H2,9,10,13,16)(H2,11,12,14,17). The van der Waals surface area contributed by atoms with E-state index in [0.717, 1.165) is 48.2 Å². The monoisotopic (exact) mass is 664 g/mol. The molecule has 0 saturated heterocycles. The molecule has 0 atom stereocenters. The number of nitrogens with one attached hydrogen (secondary N) is 8. The van der Waals surface area contributed by atoms with Crippen LogP contribution < -0.4 is 21.3 Å². The molecule has 22 heteroatoms. The van der Waals surface area contributed by atoms with Crippen molar-refractivity contribution in [1.82, 2.24) is 39.9 Å². The number of thiocarbonyl (C=S) groups is 4. The fourth-order valence-corrected chi connectivity index (χ4v) is 5.16. The van der Waals surface area contributed by atoms with Crippen LogP contribution in [0.2, 0.25) is 0 Å². The molecule has 200 valence electrons. The molecule has 0 saturated carbocycles. The van der Waals surface area contributed by atoms with Gasteiger partial charge in [-0.3, -0.25) is 0 Å². The lowest BCUT2D eigenvalue weighted by molar-refractivity contribution is 0.778. The normalized spacial score (nSPS) is 10.1. The van der Waals surface area contributed by atoms with Gasteiger partial charge in [-0.2, -0.15) is 0 Å². The molecule has 14 nitrogen and oxygen atoms in total. The highest BCUT2D eigenvalue weighted by atomic mass is 32.3. The number of H-pyrrole nitrogens is 4. The molecule has 8 N–H and O–H groups in total. The minimum atomic E-state index is 0.420. The molecule has 4 aromatic rings. The largest absolute Gasteiger partial charge is 0.331 e. The number of aromatic nitrogens is 8. The predicted octanol–water partition coefficient (Wildman–Crippen LogP) is 5.08. The average molecular weight is 665 g/mol. The van der Waals surface area contributed by atoms with Gasteiger partial charge in [0.25, 0.3) is 0 Å². The summed E-state index contributed by atoms with van der Waals surface area (Å²) in [4.78, 5) is 27.3. The lowest BCUT2D eigenvalue weighted by Gasteiger charge is -2.05. The van der Waals surface area contributed by atoms with Crippen LogP contribution in [0.5, 0.6) is 0 Å². The van der Waals surface area contributed by atoms with Crippen molar-refractivity contribution in [3.05, 3.63) is 49.6 Å². The van der Waals surface area contributed by atoms with E-state index in [2.05, 4.69) is 61.1 Å². The molecule has 0 aliphatic heterocycles. The van der Waals surface area contributed by atoms with Crippen LogP contribution in [0.1, 0.15) is 0 Å². The first-order valence-electron chi connectivity index (χ1n) is 9.71. The van der Waals surface area contributed by atoms with Gasteiger partial charge in [0.2, 0.25) is 23.8 Å². The zero-order valence-electron chi connectivity index (χ0n) is 18.5. The van der Waals surface area contributed by atoms with Gasteiger partial charge >= 0.3 is 0 Å². The minimum absolute atomic E-state index is 0.420. The van der Waals surface area contributed by atoms with Crippen molar-refractivity contribution >= 4 is 138 Å². The smallest absolute Gasteiger partial charge is 0.205 e. The molecule has 0 spiro atoms. The van der Waals surface area contributed by atoms with E-state index in [1.807, 2.05) is 0 Å². The first-order chi connectivity index (χ1) is 18.5. The zero-order chi connectivity index (χ0) is 27.0. The molecule has 0 bridgehead atoms. The maximum absolute atomic E-state index is 5.20. The highest BCUT2D eigenvalue weighted by Gasteiger charge is 2.07. The summed E-state index contributed by atoms with van der Waals surface area (Å²) < 4.78 is 12.1. The molecule has 0 radical (unpaired) electrons. The Labute approximate surface area is 254 Å². The first kappa shape index (κ1) is 30.3. The molecule has 38 heavy (non-hydrogen) atoms. The molecule has 4 rings (SSSR count). The molecule has 0 aliphatic rings. The molecule has 4 aromatic heterocycles. The molecule has 0 fully saturated rings. The maximum Gasteiger partial charge on any atom is 0.205 e. The van der Waals surface area contributed by atoms with Crippen molar-refractivity contribution in [3.63, 3.8) is 0 Å². The Balaban J connectivity index is 0.000000211. The van der Waals surface area contributed by atoms with Crippen molar-refractivity contribution < 1.29 is 7.26 Å². The summed E-state index contributed by atoms with van der Waals surface area (Å²) in [7, 11) is 0. The third kappa shape index (κ3) is 12.5. The summed E-state index contributed by atoms with van der Waals surface area (Å²) in [5, 5.41) is 11.4. The van der Waals surface area contributed by atoms with Gasteiger partial charge in [-0.15, -0.1) is 0 Å². The van der Waals surface area contributed by atoms with Crippen LogP contribution in [0.4, 0.5) is 23.8 Å². The summed E-state index contributed by atoms with van der Waals surface area (Å²) in [5.74, 6) is 2.23. The first-order valence-corrected chi connectivity index (χ1v) is 14.3. The van der Waals surface area contributed by atoms with Crippen LogP contribution in [0, 0.1) is 0 Å². The van der Waals surface area contributed by atoms with Gasteiger partial charge in [-0.1, -0.05) is 0 Å². The van der Waals surface area contributed by atoms with E-state index >= 15 is 0 Å². The fraction of sp³-hybridized carbons (Fsp3) is 0. The van der Waals surface area contributed by atoms with Crippen LogP contribution in [0.25, 0.3) is 0 Å². The Bertz CT molecular complexity index is 1060. The second-order valence-corrected chi connectivity index (χ2v) is 11.9. The van der Waals surface area contributed by atoms with E-state index in [-0.39, 0.29) is 0 Å². The molecule has 0 unspecified atom stereocenters. The topological polar surface area (TPSA) is 181 Å². The predicted molar refractivity (Wildman–Crippen MR) is 172 cm³/mol. The lowest BCUT2D eigenvalue weighted by atomic mass is 11.0. The summed E-state index contributed by atoms with van der Waals surface area (Å²) in [6.07, 6.45) is 13.2. The van der Waals surface area contributed by atoms with Crippen LogP contribution in [0.15, 0.2) is 49.6 Å². The fourth-order valence-electron chi connectivity index (χ4n) is 1.96. The number of nitrogens with zero attached hydrogens (tertiary/aromatic N) is 4. The molecular formula is C16H16N12O2S8. The van der Waals surface area contributed by atoms with Crippen LogP contribution in [0.3, 0.4) is 0 Å². The maximum atomic E-state index is 5.20. The number of anilines is 4. The molecule has 4 heterocycles. The number of rotatable bonds is 8. The van der Waals surface area contributed by atoms with Gasteiger partial charge in [0, 0.05) is 49.6 Å². The van der Waals surface area contributed by atoms with E-state index in [1.165, 1.54) is 0 Å². The number of hydrogen-bond acceptors (Lipinski definition) is 14. The minimum Gasteiger partial charge on any atom is -0.331 e.